The van der Waals surface area contributed by atoms with Crippen molar-refractivity contribution in [3.05, 3.63) is 30.0 Å². The van der Waals surface area contributed by atoms with Crippen LogP contribution in [0.3, 0.4) is 0 Å². The van der Waals surface area contributed by atoms with Crippen LogP contribution in [0.1, 0.15) is 32.1 Å². The van der Waals surface area contributed by atoms with Crippen LogP contribution in [-0.4, -0.2) is 25.2 Å². The first-order valence-corrected chi connectivity index (χ1v) is 8.40. The topological polar surface area (TPSA) is 34.4 Å². The van der Waals surface area contributed by atoms with E-state index < -0.39 is 0 Å². The van der Waals surface area contributed by atoms with Gasteiger partial charge in [0, 0.05) is 17.2 Å². The molecule has 2 aromatic rings. The summed E-state index contributed by atoms with van der Waals surface area (Å²) in [4.78, 5) is 0. The van der Waals surface area contributed by atoms with Gasteiger partial charge in [-0.05, 0) is 31.7 Å². The lowest BCUT2D eigenvalue weighted by molar-refractivity contribution is 0.389. The number of hydrogen-bond acceptors (Lipinski definition) is 4. The average Bonchev–Trinajstić information content (AvgIpc) is 2.90. The Bertz CT molecular complexity index is 552. The van der Waals surface area contributed by atoms with Gasteiger partial charge in [0.1, 0.15) is 5.76 Å². The van der Waals surface area contributed by atoms with E-state index in [0.717, 1.165) is 34.7 Å². The second-order valence-electron chi connectivity index (χ2n) is 4.98. The summed E-state index contributed by atoms with van der Waals surface area (Å²) in [6.45, 7) is 4.36. The Hall–Kier alpha value is -1.13. The van der Waals surface area contributed by atoms with Gasteiger partial charge < -0.3 is 14.5 Å². The van der Waals surface area contributed by atoms with E-state index in [1.54, 1.807) is 7.11 Å². The SMILES string of the molecule is CCC(CSC)NC(C)c1cc2cccc(OC)c2o1. The van der Waals surface area contributed by atoms with Crippen molar-refractivity contribution in [1.82, 2.24) is 5.32 Å². The van der Waals surface area contributed by atoms with Crippen molar-refractivity contribution in [3.63, 3.8) is 0 Å². The Kier molecular flexibility index (Phi) is 5.38. The summed E-state index contributed by atoms with van der Waals surface area (Å²) in [7, 11) is 1.67. The van der Waals surface area contributed by atoms with E-state index in [1.165, 1.54) is 0 Å². The van der Waals surface area contributed by atoms with Crippen LogP contribution >= 0.6 is 11.8 Å². The number of nitrogens with one attached hydrogen (secondary N) is 1. The highest BCUT2D eigenvalue weighted by molar-refractivity contribution is 7.98. The van der Waals surface area contributed by atoms with E-state index in [1.807, 2.05) is 23.9 Å². The number of methoxy groups -OCH3 is 1. The van der Waals surface area contributed by atoms with Gasteiger partial charge >= 0.3 is 0 Å². The minimum Gasteiger partial charge on any atom is -0.493 e. The van der Waals surface area contributed by atoms with E-state index in [-0.39, 0.29) is 6.04 Å². The van der Waals surface area contributed by atoms with Crippen LogP contribution < -0.4 is 10.1 Å². The second-order valence-corrected chi connectivity index (χ2v) is 5.89. The molecule has 110 valence electrons. The number of furan rings is 1. The van der Waals surface area contributed by atoms with Gasteiger partial charge in [-0.3, -0.25) is 0 Å². The van der Waals surface area contributed by atoms with Gasteiger partial charge in [-0.1, -0.05) is 19.1 Å². The fourth-order valence-corrected chi connectivity index (χ4v) is 3.09. The molecule has 1 aromatic heterocycles. The van der Waals surface area contributed by atoms with Gasteiger partial charge in [0.2, 0.25) is 0 Å². The van der Waals surface area contributed by atoms with Crippen molar-refractivity contribution in [1.29, 1.82) is 0 Å². The maximum atomic E-state index is 5.98. The van der Waals surface area contributed by atoms with Crippen molar-refractivity contribution >= 4 is 22.7 Å². The molecule has 1 aromatic carbocycles. The number of rotatable bonds is 7. The lowest BCUT2D eigenvalue weighted by atomic mass is 10.1. The molecule has 1 N–H and O–H groups in total. The maximum Gasteiger partial charge on any atom is 0.176 e. The Morgan fingerprint density at radius 1 is 1.40 bits per heavy atom. The zero-order valence-electron chi connectivity index (χ0n) is 12.6. The molecule has 20 heavy (non-hydrogen) atoms. The summed E-state index contributed by atoms with van der Waals surface area (Å²) in [6.07, 6.45) is 3.26. The minimum atomic E-state index is 0.198. The molecule has 3 nitrogen and oxygen atoms in total. The van der Waals surface area contributed by atoms with Crippen molar-refractivity contribution in [2.45, 2.75) is 32.4 Å². The standard InChI is InChI=1S/C16H23NO2S/c1-5-13(10-20-4)17-11(2)15-9-12-7-6-8-14(18-3)16(12)19-15/h6-9,11,13,17H,5,10H2,1-4H3. The number of ether oxygens (including phenoxy) is 1. The van der Waals surface area contributed by atoms with Crippen LogP contribution in [0.4, 0.5) is 0 Å². The van der Waals surface area contributed by atoms with Crippen LogP contribution in [0.25, 0.3) is 11.0 Å². The molecule has 0 fully saturated rings. The average molecular weight is 293 g/mol. The van der Waals surface area contributed by atoms with E-state index >= 15 is 0 Å². The molecule has 1 heterocycles. The lowest BCUT2D eigenvalue weighted by Gasteiger charge is -2.20. The normalized spacial score (nSPS) is 14.4. The van der Waals surface area contributed by atoms with Crippen LogP contribution in [-0.2, 0) is 0 Å². The highest BCUT2D eigenvalue weighted by Gasteiger charge is 2.16. The van der Waals surface area contributed by atoms with Gasteiger partial charge in [-0.2, -0.15) is 11.8 Å². The van der Waals surface area contributed by atoms with Gasteiger partial charge in [-0.25, -0.2) is 0 Å². The Labute approximate surface area is 125 Å². The predicted molar refractivity (Wildman–Crippen MR) is 86.8 cm³/mol. The van der Waals surface area contributed by atoms with Crippen molar-refractivity contribution < 1.29 is 9.15 Å². The molecular weight excluding hydrogens is 270 g/mol. The van der Waals surface area contributed by atoms with Crippen LogP contribution in [0.15, 0.2) is 28.7 Å². The molecule has 0 radical (unpaired) electrons. The first-order valence-electron chi connectivity index (χ1n) is 7.01. The van der Waals surface area contributed by atoms with Gasteiger partial charge in [-0.15, -0.1) is 0 Å². The third kappa shape index (κ3) is 3.30. The Morgan fingerprint density at radius 2 is 2.20 bits per heavy atom. The molecule has 2 rings (SSSR count). The molecule has 0 saturated heterocycles. The van der Waals surface area contributed by atoms with E-state index in [4.69, 9.17) is 9.15 Å². The fourth-order valence-electron chi connectivity index (χ4n) is 2.35. The van der Waals surface area contributed by atoms with Crippen LogP contribution in [0.2, 0.25) is 0 Å². The molecule has 2 atom stereocenters. The van der Waals surface area contributed by atoms with Crippen molar-refractivity contribution in [2.75, 3.05) is 19.1 Å². The first-order chi connectivity index (χ1) is 9.69. The number of thioether (sulfide) groups is 1. The summed E-state index contributed by atoms with van der Waals surface area (Å²) in [5.41, 5.74) is 0.830. The van der Waals surface area contributed by atoms with Gasteiger partial charge in [0.25, 0.3) is 0 Å². The quantitative estimate of drug-likeness (QED) is 0.828. The number of para-hydroxylation sites is 1. The van der Waals surface area contributed by atoms with Crippen LogP contribution in [0.5, 0.6) is 5.75 Å². The molecule has 0 amide bonds. The fraction of sp³-hybridized carbons (Fsp3) is 0.500. The monoisotopic (exact) mass is 293 g/mol. The van der Waals surface area contributed by atoms with Crippen LogP contribution in [0, 0.1) is 0 Å². The largest absolute Gasteiger partial charge is 0.493 e. The molecule has 0 aliphatic heterocycles. The molecule has 0 aliphatic rings. The molecule has 0 aliphatic carbocycles. The predicted octanol–water partition coefficient (Wildman–Crippen LogP) is 4.23. The number of fused-ring (bicyclic) bond motifs is 1. The molecule has 4 heteroatoms. The first kappa shape index (κ1) is 15.3. The third-order valence-corrected chi connectivity index (χ3v) is 4.26. The summed E-state index contributed by atoms with van der Waals surface area (Å²) in [6, 6.07) is 8.77. The maximum absolute atomic E-state index is 5.98. The third-order valence-electron chi connectivity index (χ3n) is 3.52. The van der Waals surface area contributed by atoms with Gasteiger partial charge in [0.15, 0.2) is 11.3 Å². The highest BCUT2D eigenvalue weighted by Crippen LogP contribution is 2.31. The van der Waals surface area contributed by atoms with Crippen molar-refractivity contribution in [3.8, 4) is 5.75 Å². The molecule has 2 unspecified atom stereocenters. The summed E-state index contributed by atoms with van der Waals surface area (Å²) in [5, 5.41) is 4.72. The van der Waals surface area contributed by atoms with Gasteiger partial charge in [0.05, 0.1) is 13.2 Å². The van der Waals surface area contributed by atoms with E-state index in [0.29, 0.717) is 6.04 Å². The minimum absolute atomic E-state index is 0.198. The summed E-state index contributed by atoms with van der Waals surface area (Å²) in [5.74, 6) is 2.87. The summed E-state index contributed by atoms with van der Waals surface area (Å²) >= 11 is 1.87. The van der Waals surface area contributed by atoms with E-state index in [2.05, 4.69) is 37.6 Å². The second kappa shape index (κ2) is 7.04. The van der Waals surface area contributed by atoms with Crippen molar-refractivity contribution in [2.24, 2.45) is 0 Å². The molecule has 0 spiro atoms. The number of hydrogen-bond donors (Lipinski definition) is 1. The van der Waals surface area contributed by atoms with E-state index in [9.17, 15) is 0 Å². The molecule has 0 bridgehead atoms. The lowest BCUT2D eigenvalue weighted by Crippen LogP contribution is -2.32. The summed E-state index contributed by atoms with van der Waals surface area (Å²) < 4.78 is 11.3. The smallest absolute Gasteiger partial charge is 0.176 e. The molecular formula is C16H23NO2S. The Morgan fingerprint density at radius 3 is 2.85 bits per heavy atom. The number of benzene rings is 1. The zero-order chi connectivity index (χ0) is 14.5. The zero-order valence-corrected chi connectivity index (χ0v) is 13.4. The Balaban J connectivity index is 2.20. The molecule has 0 saturated carbocycles. The highest BCUT2D eigenvalue weighted by atomic mass is 32.2.